The second-order valence-corrected chi connectivity index (χ2v) is 7.09. The predicted octanol–water partition coefficient (Wildman–Crippen LogP) is 4.22. The Morgan fingerprint density at radius 2 is 1.74 bits per heavy atom. The molecule has 0 fully saturated rings. The van der Waals surface area contributed by atoms with Gasteiger partial charge in [0.1, 0.15) is 0 Å². The minimum atomic E-state index is -0.105. The van der Waals surface area contributed by atoms with Gasteiger partial charge in [0.15, 0.2) is 5.16 Å². The molecule has 0 saturated carbocycles. The van der Waals surface area contributed by atoms with E-state index < -0.39 is 0 Å². The number of H-pyrrole nitrogens is 1. The van der Waals surface area contributed by atoms with Gasteiger partial charge in [-0.05, 0) is 19.1 Å². The molecule has 5 nitrogen and oxygen atoms in total. The van der Waals surface area contributed by atoms with Crippen molar-refractivity contribution in [2.75, 3.05) is 0 Å². The van der Waals surface area contributed by atoms with Crippen LogP contribution in [0, 0.1) is 6.92 Å². The molecule has 2 aromatic heterocycles. The molecule has 0 atom stereocenters. The second-order valence-electron chi connectivity index (χ2n) is 6.13. The van der Waals surface area contributed by atoms with Crippen LogP contribution in [-0.2, 0) is 5.75 Å². The zero-order valence-electron chi connectivity index (χ0n) is 14.8. The molecule has 0 aliphatic carbocycles. The average Bonchev–Trinajstić information content (AvgIpc) is 3.19. The Labute approximate surface area is 161 Å². The molecule has 1 N–H and O–H groups in total. The smallest absolute Gasteiger partial charge is 0.255 e. The van der Waals surface area contributed by atoms with Crippen molar-refractivity contribution in [3.05, 3.63) is 94.5 Å². The first-order chi connectivity index (χ1) is 13.2. The average molecular weight is 374 g/mol. The van der Waals surface area contributed by atoms with E-state index in [1.807, 2.05) is 77.7 Å². The van der Waals surface area contributed by atoms with Crippen molar-refractivity contribution in [3.8, 4) is 16.9 Å². The molecule has 0 amide bonds. The Bertz CT molecular complexity index is 1100. The molecule has 4 aromatic rings. The number of nitrogens with one attached hydrogen (secondary N) is 1. The number of thioether (sulfide) groups is 1. The van der Waals surface area contributed by atoms with E-state index in [4.69, 9.17) is 0 Å². The number of nitrogens with zero attached hydrogens (tertiary/aromatic N) is 3. The van der Waals surface area contributed by atoms with Gasteiger partial charge in [-0.15, -0.1) is 0 Å². The van der Waals surface area contributed by atoms with E-state index in [2.05, 4.69) is 15.1 Å². The lowest BCUT2D eigenvalue weighted by Crippen LogP contribution is -2.13. The van der Waals surface area contributed by atoms with Crippen LogP contribution in [0.5, 0.6) is 0 Å². The SMILES string of the molecule is Cc1c(-c2ccccc2)nc(SCc2cnn(-c3ccccc3)c2)[nH]c1=O. The summed E-state index contributed by atoms with van der Waals surface area (Å²) in [6, 6.07) is 19.7. The third-order valence-electron chi connectivity index (χ3n) is 4.21. The standard InChI is InChI=1S/C21H18N4OS/c1-15-19(17-8-4-2-5-9-17)23-21(24-20(15)26)27-14-16-12-22-25(13-16)18-10-6-3-7-11-18/h2-13H,14H2,1H3,(H,23,24,26). The van der Waals surface area contributed by atoms with Crippen LogP contribution in [0.15, 0.2) is 83.0 Å². The summed E-state index contributed by atoms with van der Waals surface area (Å²) in [5, 5.41) is 5.01. The third-order valence-corrected chi connectivity index (χ3v) is 5.15. The number of rotatable bonds is 5. The van der Waals surface area contributed by atoms with E-state index in [0.29, 0.717) is 16.5 Å². The molecule has 0 saturated heterocycles. The molecular formula is C21H18N4OS. The molecule has 0 aliphatic heterocycles. The van der Waals surface area contributed by atoms with Gasteiger partial charge in [0.05, 0.1) is 17.6 Å². The molecule has 2 heterocycles. The molecule has 0 radical (unpaired) electrons. The Kier molecular flexibility index (Phi) is 4.89. The van der Waals surface area contributed by atoms with Crippen LogP contribution in [-0.4, -0.2) is 19.7 Å². The Hall–Kier alpha value is -3.12. The molecular weight excluding hydrogens is 356 g/mol. The Morgan fingerprint density at radius 3 is 2.48 bits per heavy atom. The zero-order chi connectivity index (χ0) is 18.6. The molecule has 2 aromatic carbocycles. The quantitative estimate of drug-likeness (QED) is 0.420. The summed E-state index contributed by atoms with van der Waals surface area (Å²) in [5.41, 5.74) is 4.27. The lowest BCUT2D eigenvalue weighted by molar-refractivity contribution is 0.880. The highest BCUT2D eigenvalue weighted by Gasteiger charge is 2.10. The van der Waals surface area contributed by atoms with Crippen LogP contribution in [0.3, 0.4) is 0 Å². The Balaban J connectivity index is 1.55. The minimum Gasteiger partial charge on any atom is -0.301 e. The molecule has 4 rings (SSSR count). The van der Waals surface area contributed by atoms with E-state index in [0.717, 1.165) is 22.5 Å². The number of hydrogen-bond acceptors (Lipinski definition) is 4. The summed E-state index contributed by atoms with van der Waals surface area (Å²) in [7, 11) is 0. The van der Waals surface area contributed by atoms with Crippen LogP contribution < -0.4 is 5.56 Å². The van der Waals surface area contributed by atoms with Gasteiger partial charge in [-0.3, -0.25) is 4.79 Å². The summed E-state index contributed by atoms with van der Waals surface area (Å²) >= 11 is 1.49. The molecule has 0 aliphatic rings. The van der Waals surface area contributed by atoms with Crippen molar-refractivity contribution in [3.63, 3.8) is 0 Å². The largest absolute Gasteiger partial charge is 0.301 e. The van der Waals surface area contributed by atoms with Gasteiger partial charge < -0.3 is 4.98 Å². The topological polar surface area (TPSA) is 63.6 Å². The first-order valence-electron chi connectivity index (χ1n) is 8.59. The number of aromatic nitrogens is 4. The van der Waals surface area contributed by atoms with Crippen molar-refractivity contribution in [2.24, 2.45) is 0 Å². The van der Waals surface area contributed by atoms with Crippen LogP contribution in [0.4, 0.5) is 0 Å². The van der Waals surface area contributed by atoms with Crippen molar-refractivity contribution in [2.45, 2.75) is 17.8 Å². The lowest BCUT2D eigenvalue weighted by atomic mass is 10.1. The highest BCUT2D eigenvalue weighted by Crippen LogP contribution is 2.24. The van der Waals surface area contributed by atoms with Crippen molar-refractivity contribution >= 4 is 11.8 Å². The van der Waals surface area contributed by atoms with Crippen LogP contribution >= 0.6 is 11.8 Å². The molecule has 0 bridgehead atoms. The normalized spacial score (nSPS) is 10.9. The van der Waals surface area contributed by atoms with Gasteiger partial charge in [-0.2, -0.15) is 5.10 Å². The maximum absolute atomic E-state index is 12.3. The van der Waals surface area contributed by atoms with Crippen LogP contribution in [0.1, 0.15) is 11.1 Å². The second kappa shape index (κ2) is 7.63. The van der Waals surface area contributed by atoms with Gasteiger partial charge in [0, 0.05) is 28.6 Å². The first-order valence-corrected chi connectivity index (χ1v) is 9.57. The summed E-state index contributed by atoms with van der Waals surface area (Å²) in [4.78, 5) is 19.8. The predicted molar refractivity (Wildman–Crippen MR) is 108 cm³/mol. The number of benzene rings is 2. The summed E-state index contributed by atoms with van der Waals surface area (Å²) in [5.74, 6) is 0.674. The molecule has 134 valence electrons. The maximum Gasteiger partial charge on any atom is 0.255 e. The molecule has 6 heteroatoms. The van der Waals surface area contributed by atoms with Crippen molar-refractivity contribution < 1.29 is 0 Å². The highest BCUT2D eigenvalue weighted by atomic mass is 32.2. The monoisotopic (exact) mass is 374 g/mol. The van der Waals surface area contributed by atoms with E-state index in [1.165, 1.54) is 11.8 Å². The fraction of sp³-hybridized carbons (Fsp3) is 0.0952. The highest BCUT2D eigenvalue weighted by molar-refractivity contribution is 7.98. The molecule has 27 heavy (non-hydrogen) atoms. The van der Waals surface area contributed by atoms with E-state index in [-0.39, 0.29) is 5.56 Å². The minimum absolute atomic E-state index is 0.105. The van der Waals surface area contributed by atoms with Crippen molar-refractivity contribution in [1.82, 2.24) is 19.7 Å². The van der Waals surface area contributed by atoms with Gasteiger partial charge in [-0.25, -0.2) is 9.67 Å². The zero-order valence-corrected chi connectivity index (χ0v) is 15.6. The van der Waals surface area contributed by atoms with Crippen LogP contribution in [0.25, 0.3) is 16.9 Å². The van der Waals surface area contributed by atoms with Crippen molar-refractivity contribution in [1.29, 1.82) is 0 Å². The third kappa shape index (κ3) is 3.85. The van der Waals surface area contributed by atoms with Gasteiger partial charge in [-0.1, -0.05) is 60.3 Å². The lowest BCUT2D eigenvalue weighted by Gasteiger charge is -2.07. The summed E-state index contributed by atoms with van der Waals surface area (Å²) in [6.07, 6.45) is 3.83. The molecule has 0 spiro atoms. The fourth-order valence-corrected chi connectivity index (χ4v) is 3.54. The fourth-order valence-electron chi connectivity index (χ4n) is 2.77. The summed E-state index contributed by atoms with van der Waals surface area (Å²) < 4.78 is 1.84. The van der Waals surface area contributed by atoms with E-state index >= 15 is 0 Å². The van der Waals surface area contributed by atoms with E-state index in [1.54, 1.807) is 6.92 Å². The van der Waals surface area contributed by atoms with E-state index in [9.17, 15) is 4.79 Å². The molecule has 0 unspecified atom stereocenters. The Morgan fingerprint density at radius 1 is 1.04 bits per heavy atom. The number of para-hydroxylation sites is 1. The van der Waals surface area contributed by atoms with Gasteiger partial charge >= 0.3 is 0 Å². The number of hydrogen-bond donors (Lipinski definition) is 1. The maximum atomic E-state index is 12.3. The number of aromatic amines is 1. The van der Waals surface area contributed by atoms with Gasteiger partial charge in [0.2, 0.25) is 0 Å². The first kappa shape index (κ1) is 17.3. The summed E-state index contributed by atoms with van der Waals surface area (Å²) in [6.45, 7) is 1.80. The van der Waals surface area contributed by atoms with Gasteiger partial charge in [0.25, 0.3) is 5.56 Å². The van der Waals surface area contributed by atoms with Crippen LogP contribution in [0.2, 0.25) is 0 Å².